The lowest BCUT2D eigenvalue weighted by Gasteiger charge is -2.23. The summed E-state index contributed by atoms with van der Waals surface area (Å²) in [5, 5.41) is 3.29. The van der Waals surface area contributed by atoms with Crippen LogP contribution in [0.4, 0.5) is 5.69 Å². The second kappa shape index (κ2) is 4.46. The second-order valence-electron chi connectivity index (χ2n) is 4.99. The normalized spacial score (nSPS) is 25.2. The number of hydrogen-bond donors (Lipinski definition) is 1. The summed E-state index contributed by atoms with van der Waals surface area (Å²) < 4.78 is 28.9. The van der Waals surface area contributed by atoms with Gasteiger partial charge in [-0.25, -0.2) is 8.42 Å². The SMILES string of the molecule is O=S1(=O)CCCC(Oc2ccc3c(c2)CCN3)C1. The fraction of sp³-hybridized carbons (Fsp3) is 0.538. The van der Waals surface area contributed by atoms with Crippen molar-refractivity contribution in [2.24, 2.45) is 0 Å². The molecule has 1 aromatic carbocycles. The number of nitrogens with one attached hydrogen (secondary N) is 1. The first kappa shape index (κ1) is 11.8. The first-order chi connectivity index (χ1) is 8.62. The molecule has 1 atom stereocenters. The van der Waals surface area contributed by atoms with Crippen LogP contribution in [0.5, 0.6) is 5.75 Å². The minimum absolute atomic E-state index is 0.155. The molecular weight excluding hydrogens is 250 g/mol. The monoisotopic (exact) mass is 267 g/mol. The average molecular weight is 267 g/mol. The summed E-state index contributed by atoms with van der Waals surface area (Å²) in [5.41, 5.74) is 2.42. The lowest BCUT2D eigenvalue weighted by atomic mass is 10.1. The Morgan fingerprint density at radius 1 is 1.33 bits per heavy atom. The molecule has 18 heavy (non-hydrogen) atoms. The molecule has 0 saturated carbocycles. The molecule has 1 fully saturated rings. The zero-order valence-electron chi connectivity index (χ0n) is 10.2. The van der Waals surface area contributed by atoms with E-state index in [4.69, 9.17) is 4.74 Å². The molecule has 0 bridgehead atoms. The van der Waals surface area contributed by atoms with Crippen LogP contribution in [0.1, 0.15) is 18.4 Å². The van der Waals surface area contributed by atoms with Crippen LogP contribution in [0.15, 0.2) is 18.2 Å². The number of ether oxygens (including phenoxy) is 1. The molecule has 0 spiro atoms. The number of sulfone groups is 1. The van der Waals surface area contributed by atoms with E-state index in [1.807, 2.05) is 18.2 Å². The number of benzene rings is 1. The van der Waals surface area contributed by atoms with Crippen molar-refractivity contribution in [2.45, 2.75) is 25.4 Å². The topological polar surface area (TPSA) is 55.4 Å². The van der Waals surface area contributed by atoms with Gasteiger partial charge in [-0.05, 0) is 43.0 Å². The fourth-order valence-corrected chi connectivity index (χ4v) is 4.20. The number of hydrogen-bond acceptors (Lipinski definition) is 4. The van der Waals surface area contributed by atoms with Crippen LogP contribution in [-0.4, -0.2) is 32.6 Å². The maximum absolute atomic E-state index is 11.5. The van der Waals surface area contributed by atoms with Gasteiger partial charge in [0.25, 0.3) is 0 Å². The van der Waals surface area contributed by atoms with Gasteiger partial charge in [-0.3, -0.25) is 0 Å². The molecule has 1 unspecified atom stereocenters. The molecule has 5 heteroatoms. The lowest BCUT2D eigenvalue weighted by Crippen LogP contribution is -2.33. The van der Waals surface area contributed by atoms with Crippen molar-refractivity contribution in [3.63, 3.8) is 0 Å². The van der Waals surface area contributed by atoms with Crippen molar-refractivity contribution >= 4 is 15.5 Å². The summed E-state index contributed by atoms with van der Waals surface area (Å²) in [6.07, 6.45) is 2.36. The summed E-state index contributed by atoms with van der Waals surface area (Å²) >= 11 is 0. The Morgan fingerprint density at radius 2 is 2.22 bits per heavy atom. The molecular formula is C13H17NO3S. The maximum atomic E-state index is 11.5. The first-order valence-corrected chi connectivity index (χ1v) is 8.18. The molecule has 2 aliphatic rings. The van der Waals surface area contributed by atoms with E-state index >= 15 is 0 Å². The molecule has 2 aliphatic heterocycles. The fourth-order valence-electron chi connectivity index (χ4n) is 2.62. The van der Waals surface area contributed by atoms with Gasteiger partial charge in [0.2, 0.25) is 0 Å². The van der Waals surface area contributed by atoms with Crippen LogP contribution in [0.25, 0.3) is 0 Å². The highest BCUT2D eigenvalue weighted by atomic mass is 32.2. The summed E-state index contributed by atoms with van der Waals surface area (Å²) in [5.74, 6) is 1.25. The quantitative estimate of drug-likeness (QED) is 0.884. The third-order valence-corrected chi connectivity index (χ3v) is 5.30. The zero-order chi connectivity index (χ0) is 12.6. The van der Waals surface area contributed by atoms with E-state index in [1.54, 1.807) is 0 Å². The Bertz CT molecular complexity index is 553. The van der Waals surface area contributed by atoms with E-state index < -0.39 is 9.84 Å². The van der Waals surface area contributed by atoms with Gasteiger partial charge in [0.05, 0.1) is 11.5 Å². The van der Waals surface area contributed by atoms with Gasteiger partial charge in [0, 0.05) is 12.2 Å². The smallest absolute Gasteiger partial charge is 0.153 e. The Hall–Kier alpha value is -1.23. The number of rotatable bonds is 2. The molecule has 4 nitrogen and oxygen atoms in total. The predicted molar refractivity (Wildman–Crippen MR) is 70.9 cm³/mol. The molecule has 0 aliphatic carbocycles. The summed E-state index contributed by atoms with van der Waals surface area (Å²) in [6, 6.07) is 5.95. The Labute approximate surface area is 107 Å². The molecule has 1 saturated heterocycles. The summed E-state index contributed by atoms with van der Waals surface area (Å²) in [6.45, 7) is 0.969. The molecule has 0 aromatic heterocycles. The molecule has 98 valence electrons. The van der Waals surface area contributed by atoms with Crippen LogP contribution >= 0.6 is 0 Å². The first-order valence-electron chi connectivity index (χ1n) is 6.36. The Kier molecular flexibility index (Phi) is 2.93. The van der Waals surface area contributed by atoms with Crippen molar-refractivity contribution in [3.8, 4) is 5.75 Å². The van der Waals surface area contributed by atoms with E-state index in [0.717, 1.165) is 25.1 Å². The lowest BCUT2D eigenvalue weighted by molar-refractivity contribution is 0.207. The molecule has 1 N–H and O–H groups in total. The van der Waals surface area contributed by atoms with Crippen LogP contribution in [0.3, 0.4) is 0 Å². The highest BCUT2D eigenvalue weighted by Gasteiger charge is 2.26. The Balaban J connectivity index is 1.73. The molecule has 3 rings (SSSR count). The van der Waals surface area contributed by atoms with Gasteiger partial charge in [-0.1, -0.05) is 0 Å². The largest absolute Gasteiger partial charge is 0.489 e. The highest BCUT2D eigenvalue weighted by Crippen LogP contribution is 2.28. The van der Waals surface area contributed by atoms with Crippen LogP contribution < -0.4 is 10.1 Å². The summed E-state index contributed by atoms with van der Waals surface area (Å²) in [7, 11) is -2.90. The van der Waals surface area contributed by atoms with E-state index in [-0.39, 0.29) is 11.9 Å². The minimum atomic E-state index is -2.90. The van der Waals surface area contributed by atoms with Crippen LogP contribution in [0, 0.1) is 0 Å². The average Bonchev–Trinajstić information content (AvgIpc) is 2.74. The van der Waals surface area contributed by atoms with Crippen LogP contribution in [-0.2, 0) is 16.3 Å². The van der Waals surface area contributed by atoms with E-state index in [9.17, 15) is 8.42 Å². The third kappa shape index (κ3) is 2.46. The van der Waals surface area contributed by atoms with Gasteiger partial charge < -0.3 is 10.1 Å². The Morgan fingerprint density at radius 3 is 3.06 bits per heavy atom. The molecule has 0 radical (unpaired) electrons. The third-order valence-electron chi connectivity index (χ3n) is 3.51. The number of fused-ring (bicyclic) bond motifs is 1. The predicted octanol–water partition coefficient (Wildman–Crippen LogP) is 1.61. The maximum Gasteiger partial charge on any atom is 0.153 e. The zero-order valence-corrected chi connectivity index (χ0v) is 11.0. The highest BCUT2D eigenvalue weighted by molar-refractivity contribution is 7.91. The molecule has 0 amide bonds. The van der Waals surface area contributed by atoms with Gasteiger partial charge in [0.15, 0.2) is 9.84 Å². The van der Waals surface area contributed by atoms with Crippen LogP contribution in [0.2, 0.25) is 0 Å². The van der Waals surface area contributed by atoms with Crippen molar-refractivity contribution in [1.82, 2.24) is 0 Å². The summed E-state index contributed by atoms with van der Waals surface area (Å²) in [4.78, 5) is 0. The molecule has 2 heterocycles. The standard InChI is InChI=1S/C13H17NO3S/c15-18(16)7-1-2-12(9-18)17-11-3-4-13-10(8-11)5-6-14-13/h3-4,8,12,14H,1-2,5-7,9H2. The van der Waals surface area contributed by atoms with E-state index in [0.29, 0.717) is 12.2 Å². The van der Waals surface area contributed by atoms with E-state index in [2.05, 4.69) is 5.32 Å². The van der Waals surface area contributed by atoms with Gasteiger partial charge in [-0.15, -0.1) is 0 Å². The number of anilines is 1. The molecule has 1 aromatic rings. The van der Waals surface area contributed by atoms with E-state index in [1.165, 1.54) is 11.3 Å². The van der Waals surface area contributed by atoms with Crippen molar-refractivity contribution < 1.29 is 13.2 Å². The van der Waals surface area contributed by atoms with Gasteiger partial charge in [-0.2, -0.15) is 0 Å². The second-order valence-corrected chi connectivity index (χ2v) is 7.22. The van der Waals surface area contributed by atoms with Crippen molar-refractivity contribution in [1.29, 1.82) is 0 Å². The minimum Gasteiger partial charge on any atom is -0.489 e. The van der Waals surface area contributed by atoms with Gasteiger partial charge in [0.1, 0.15) is 11.9 Å². The van der Waals surface area contributed by atoms with Gasteiger partial charge >= 0.3 is 0 Å². The van der Waals surface area contributed by atoms with Crippen molar-refractivity contribution in [3.05, 3.63) is 23.8 Å². The van der Waals surface area contributed by atoms with Crippen molar-refractivity contribution in [2.75, 3.05) is 23.4 Å².